The number of halogens is 7. The zero-order chi connectivity index (χ0) is 31.4. The Morgan fingerprint density at radius 2 is 1.30 bits per heavy atom. The lowest BCUT2D eigenvalue weighted by Gasteiger charge is -2.29. The van der Waals surface area contributed by atoms with Crippen molar-refractivity contribution < 1.29 is 44.9 Å². The Labute approximate surface area is 250 Å². The van der Waals surface area contributed by atoms with Crippen LogP contribution in [-0.4, -0.2) is 13.2 Å². The summed E-state index contributed by atoms with van der Waals surface area (Å²) in [6, 6.07) is 13.5. The average molecular weight is 619 g/mol. The molecule has 4 aromatic carbocycles. The summed E-state index contributed by atoms with van der Waals surface area (Å²) >= 11 is 0. The number of unbranched alkanes of at least 4 members (excludes halogenated alkanes) is 2. The lowest BCUT2D eigenvalue weighted by molar-refractivity contribution is -0.206. The first-order chi connectivity index (χ1) is 21.1. The van der Waals surface area contributed by atoms with Gasteiger partial charge < -0.3 is 14.2 Å². The lowest BCUT2D eigenvalue weighted by atomic mass is 9.97. The molecule has 0 radical (unpaired) electrons. The van der Waals surface area contributed by atoms with Crippen LogP contribution in [0.25, 0.3) is 22.3 Å². The molecule has 44 heavy (non-hydrogen) atoms. The van der Waals surface area contributed by atoms with Gasteiger partial charge in [0.15, 0.2) is 23.7 Å². The second-order valence-electron chi connectivity index (χ2n) is 10.7. The zero-order valence-corrected chi connectivity index (χ0v) is 23.7. The third kappa shape index (κ3) is 7.08. The van der Waals surface area contributed by atoms with Gasteiger partial charge in [0.05, 0.1) is 18.8 Å². The molecule has 1 heterocycles. The molecule has 232 valence electrons. The zero-order valence-electron chi connectivity index (χ0n) is 23.7. The van der Waals surface area contributed by atoms with Crippen LogP contribution in [0.15, 0.2) is 72.8 Å². The van der Waals surface area contributed by atoms with Crippen LogP contribution in [-0.2, 0) is 15.6 Å². The van der Waals surface area contributed by atoms with Crippen LogP contribution in [0.3, 0.4) is 0 Å². The number of alkyl halides is 2. The van der Waals surface area contributed by atoms with Gasteiger partial charge >= 0.3 is 6.11 Å². The summed E-state index contributed by atoms with van der Waals surface area (Å²) in [6.45, 7) is 3.21. The van der Waals surface area contributed by atoms with Crippen molar-refractivity contribution in [2.75, 3.05) is 13.2 Å². The van der Waals surface area contributed by atoms with E-state index in [1.807, 2.05) is 0 Å². The number of rotatable bonds is 10. The van der Waals surface area contributed by atoms with Crippen LogP contribution in [0.2, 0.25) is 0 Å². The average Bonchev–Trinajstić information content (AvgIpc) is 3.00. The maximum Gasteiger partial charge on any atom is 0.426 e. The van der Waals surface area contributed by atoms with Crippen LogP contribution in [0.1, 0.15) is 50.0 Å². The molecule has 10 heteroatoms. The second-order valence-corrected chi connectivity index (χ2v) is 10.7. The molecule has 0 aliphatic carbocycles. The number of benzene rings is 4. The van der Waals surface area contributed by atoms with E-state index < -0.39 is 52.8 Å². The van der Waals surface area contributed by atoms with Crippen molar-refractivity contribution >= 4 is 0 Å². The van der Waals surface area contributed by atoms with Gasteiger partial charge in [0.1, 0.15) is 17.4 Å². The van der Waals surface area contributed by atoms with Crippen LogP contribution in [0.5, 0.6) is 5.75 Å². The molecule has 1 aliphatic rings. The Morgan fingerprint density at radius 3 is 1.91 bits per heavy atom. The van der Waals surface area contributed by atoms with E-state index in [1.54, 1.807) is 6.07 Å². The van der Waals surface area contributed by atoms with Gasteiger partial charge in [0, 0.05) is 34.7 Å². The number of hydrogen-bond donors (Lipinski definition) is 0. The summed E-state index contributed by atoms with van der Waals surface area (Å²) in [7, 11) is 0. The fraction of sp³-hybridized carbons (Fsp3) is 0.294. The Kier molecular flexibility index (Phi) is 9.60. The highest BCUT2D eigenvalue weighted by Gasteiger charge is 2.35. The van der Waals surface area contributed by atoms with E-state index >= 15 is 8.78 Å². The van der Waals surface area contributed by atoms with Gasteiger partial charge in [-0.2, -0.15) is 8.78 Å². The number of hydrogen-bond acceptors (Lipinski definition) is 3. The van der Waals surface area contributed by atoms with Crippen molar-refractivity contribution in [2.24, 2.45) is 5.92 Å². The minimum atomic E-state index is -4.04. The van der Waals surface area contributed by atoms with Gasteiger partial charge in [0.2, 0.25) is 0 Å². The van der Waals surface area contributed by atoms with E-state index in [0.717, 1.165) is 43.9 Å². The highest BCUT2D eigenvalue weighted by Crippen LogP contribution is 2.36. The Bertz CT molecular complexity index is 1580. The van der Waals surface area contributed by atoms with E-state index in [0.29, 0.717) is 36.8 Å². The maximum absolute atomic E-state index is 15.2. The molecular formula is C34H29F7O3. The molecule has 0 amide bonds. The van der Waals surface area contributed by atoms with Crippen LogP contribution in [0, 0.1) is 35.0 Å². The predicted molar refractivity (Wildman–Crippen MR) is 150 cm³/mol. The minimum Gasteiger partial charge on any atom is -0.429 e. The molecule has 3 nitrogen and oxygen atoms in total. The van der Waals surface area contributed by atoms with Crippen LogP contribution >= 0.6 is 0 Å². The van der Waals surface area contributed by atoms with Gasteiger partial charge in [-0.1, -0.05) is 62.6 Å². The molecule has 1 fully saturated rings. The van der Waals surface area contributed by atoms with Crippen molar-refractivity contribution in [3.63, 3.8) is 0 Å². The van der Waals surface area contributed by atoms with E-state index in [2.05, 4.69) is 11.7 Å². The predicted octanol–water partition coefficient (Wildman–Crippen LogP) is 10.1. The molecule has 0 saturated carbocycles. The topological polar surface area (TPSA) is 27.7 Å². The summed E-state index contributed by atoms with van der Waals surface area (Å²) in [6.07, 6.45) is -0.300. The van der Waals surface area contributed by atoms with E-state index in [1.165, 1.54) is 36.4 Å². The van der Waals surface area contributed by atoms with Crippen molar-refractivity contribution in [3.05, 3.63) is 113 Å². The molecule has 1 saturated heterocycles. The summed E-state index contributed by atoms with van der Waals surface area (Å²) in [5.74, 6) is -7.08. The summed E-state index contributed by atoms with van der Waals surface area (Å²) in [5.41, 5.74) is 0.569. The minimum absolute atomic E-state index is 0.0711. The SMILES string of the molecule is CCCCCC1COC(c2ccc(-c3ccc(-c4ccc(C(F)(F)Oc5cc(F)c(F)c(F)c5)cc4)c(F)c3)c(F)c2)OC1. The summed E-state index contributed by atoms with van der Waals surface area (Å²) in [4.78, 5) is 0. The first-order valence-corrected chi connectivity index (χ1v) is 14.2. The van der Waals surface area contributed by atoms with Crippen LogP contribution in [0.4, 0.5) is 30.7 Å². The Hall–Kier alpha value is -3.89. The first kappa shape index (κ1) is 31.5. The largest absolute Gasteiger partial charge is 0.429 e. The normalized spacial score (nSPS) is 17.1. The van der Waals surface area contributed by atoms with Crippen molar-refractivity contribution in [1.82, 2.24) is 0 Å². The lowest BCUT2D eigenvalue weighted by Crippen LogP contribution is -2.27. The highest BCUT2D eigenvalue weighted by molar-refractivity contribution is 5.71. The highest BCUT2D eigenvalue weighted by atomic mass is 19.3. The molecule has 0 unspecified atom stereocenters. The molecular weight excluding hydrogens is 589 g/mol. The van der Waals surface area contributed by atoms with Crippen molar-refractivity contribution in [2.45, 2.75) is 45.0 Å². The molecule has 1 aliphatic heterocycles. The fourth-order valence-corrected chi connectivity index (χ4v) is 5.06. The monoisotopic (exact) mass is 618 g/mol. The van der Waals surface area contributed by atoms with Crippen LogP contribution < -0.4 is 4.74 Å². The maximum atomic E-state index is 15.2. The second kappa shape index (κ2) is 13.4. The first-order valence-electron chi connectivity index (χ1n) is 14.2. The Balaban J connectivity index is 1.26. The molecule has 5 rings (SSSR count). The van der Waals surface area contributed by atoms with Gasteiger partial charge in [-0.25, -0.2) is 22.0 Å². The molecule has 0 aromatic heterocycles. The summed E-state index contributed by atoms with van der Waals surface area (Å²) < 4.78 is 116. The quantitative estimate of drug-likeness (QED) is 0.101. The molecule has 0 atom stereocenters. The number of ether oxygens (including phenoxy) is 3. The van der Waals surface area contributed by atoms with Crippen molar-refractivity contribution in [1.29, 1.82) is 0 Å². The molecule has 0 bridgehead atoms. The van der Waals surface area contributed by atoms with Gasteiger partial charge in [0.25, 0.3) is 0 Å². The molecule has 0 spiro atoms. The third-order valence-electron chi connectivity index (χ3n) is 7.46. The van der Waals surface area contributed by atoms with Gasteiger partial charge in [-0.15, -0.1) is 0 Å². The fourth-order valence-electron chi connectivity index (χ4n) is 5.06. The van der Waals surface area contributed by atoms with E-state index in [-0.39, 0.29) is 22.3 Å². The van der Waals surface area contributed by atoms with Crippen molar-refractivity contribution in [3.8, 4) is 28.0 Å². The molecule has 0 N–H and O–H groups in total. The smallest absolute Gasteiger partial charge is 0.426 e. The van der Waals surface area contributed by atoms with E-state index in [9.17, 15) is 22.0 Å². The van der Waals surface area contributed by atoms with E-state index in [4.69, 9.17) is 9.47 Å². The third-order valence-corrected chi connectivity index (χ3v) is 7.46. The van der Waals surface area contributed by atoms with Gasteiger partial charge in [-0.05, 0) is 41.8 Å². The Morgan fingerprint density at radius 1 is 0.705 bits per heavy atom. The summed E-state index contributed by atoms with van der Waals surface area (Å²) in [5, 5.41) is 0. The van der Waals surface area contributed by atoms with Gasteiger partial charge in [-0.3, -0.25) is 0 Å². The molecule has 4 aromatic rings. The standard InChI is InChI=1S/C34H29F7O3/c1-2-3-4-5-20-18-42-33(43-19-20)23-9-13-27(29(36)15-23)22-8-12-26(28(35)14-22)21-6-10-24(11-7-21)34(40,41)44-25-16-30(37)32(39)31(38)17-25/h6-17,20,33H,2-5,18-19H2,1H3.